The summed E-state index contributed by atoms with van der Waals surface area (Å²) in [6.07, 6.45) is 2.88. The minimum Gasteiger partial charge on any atom is -0.443 e. The van der Waals surface area contributed by atoms with E-state index >= 15 is 0 Å². The van der Waals surface area contributed by atoms with Crippen molar-refractivity contribution in [3.63, 3.8) is 0 Å². The van der Waals surface area contributed by atoms with Crippen LogP contribution in [0.3, 0.4) is 0 Å². The average molecular weight is 320 g/mol. The van der Waals surface area contributed by atoms with Crippen molar-refractivity contribution in [2.24, 2.45) is 0 Å². The number of rotatable bonds is 1. The molecule has 0 unspecified atom stereocenters. The van der Waals surface area contributed by atoms with Crippen molar-refractivity contribution in [3.8, 4) is 0 Å². The fourth-order valence-electron chi connectivity index (χ4n) is 0.882. The number of halogens is 1. The van der Waals surface area contributed by atoms with E-state index in [9.17, 15) is 4.79 Å². The third-order valence-corrected chi connectivity index (χ3v) is 2.39. The van der Waals surface area contributed by atoms with E-state index in [-0.39, 0.29) is 6.09 Å². The number of ether oxygens (including phenoxy) is 1. The van der Waals surface area contributed by atoms with Gasteiger partial charge in [-0.05, 0) is 32.9 Å². The highest BCUT2D eigenvalue weighted by Gasteiger charge is 2.21. The SMILES string of the molecule is CC(C)(C)OC(=O)N(I)c1ccncc1. The summed E-state index contributed by atoms with van der Waals surface area (Å²) >= 11 is 1.90. The van der Waals surface area contributed by atoms with Gasteiger partial charge in [0.15, 0.2) is 0 Å². The summed E-state index contributed by atoms with van der Waals surface area (Å²) in [5, 5.41) is 0. The van der Waals surface area contributed by atoms with E-state index < -0.39 is 5.60 Å². The fourth-order valence-corrected chi connectivity index (χ4v) is 1.30. The molecule has 4 nitrogen and oxygen atoms in total. The van der Waals surface area contributed by atoms with E-state index in [0.717, 1.165) is 5.69 Å². The van der Waals surface area contributed by atoms with Crippen molar-refractivity contribution in [2.45, 2.75) is 26.4 Å². The lowest BCUT2D eigenvalue weighted by Gasteiger charge is -2.23. The summed E-state index contributed by atoms with van der Waals surface area (Å²) in [6.45, 7) is 5.51. The molecule has 0 fully saturated rings. The number of aromatic nitrogens is 1. The number of hydrogen-bond donors (Lipinski definition) is 0. The largest absolute Gasteiger partial charge is 0.443 e. The maximum absolute atomic E-state index is 11.6. The van der Waals surface area contributed by atoms with Crippen molar-refractivity contribution >= 4 is 34.6 Å². The molecule has 0 aliphatic heterocycles. The Labute approximate surface area is 103 Å². The highest BCUT2D eigenvalue weighted by Crippen LogP contribution is 2.20. The van der Waals surface area contributed by atoms with E-state index in [4.69, 9.17) is 4.74 Å². The molecule has 0 N–H and O–H groups in total. The molecule has 0 aliphatic carbocycles. The first kappa shape index (κ1) is 12.2. The molecule has 0 aliphatic rings. The third kappa shape index (κ3) is 4.03. The van der Waals surface area contributed by atoms with Gasteiger partial charge in [-0.2, -0.15) is 0 Å². The predicted octanol–water partition coefficient (Wildman–Crippen LogP) is 3.17. The Morgan fingerprint density at radius 3 is 2.40 bits per heavy atom. The lowest BCUT2D eigenvalue weighted by molar-refractivity contribution is 0.0617. The third-order valence-electron chi connectivity index (χ3n) is 1.44. The molecule has 0 radical (unpaired) electrons. The van der Waals surface area contributed by atoms with Gasteiger partial charge in [0.25, 0.3) is 0 Å². The summed E-state index contributed by atoms with van der Waals surface area (Å²) < 4.78 is 6.63. The van der Waals surface area contributed by atoms with Crippen LogP contribution in [0, 0.1) is 0 Å². The molecule has 1 aromatic heterocycles. The molecular formula is C10H13IN2O2. The first-order chi connectivity index (χ1) is 6.90. The molecule has 82 valence electrons. The highest BCUT2D eigenvalue weighted by atomic mass is 127. The number of pyridine rings is 1. The summed E-state index contributed by atoms with van der Waals surface area (Å²) in [5.41, 5.74) is 0.271. The molecule has 0 atom stereocenters. The fraction of sp³-hybridized carbons (Fsp3) is 0.400. The van der Waals surface area contributed by atoms with Crippen molar-refractivity contribution < 1.29 is 9.53 Å². The second kappa shape index (κ2) is 4.78. The Morgan fingerprint density at radius 2 is 1.93 bits per heavy atom. The zero-order valence-corrected chi connectivity index (χ0v) is 11.1. The monoisotopic (exact) mass is 320 g/mol. The van der Waals surface area contributed by atoms with Gasteiger partial charge in [0.1, 0.15) is 5.60 Å². The van der Waals surface area contributed by atoms with Gasteiger partial charge in [0.2, 0.25) is 0 Å². The number of hydrogen-bond acceptors (Lipinski definition) is 3. The second-order valence-corrected chi connectivity index (χ2v) is 4.93. The molecular weight excluding hydrogens is 307 g/mol. The quantitative estimate of drug-likeness (QED) is 0.590. The molecule has 0 aromatic carbocycles. The molecule has 0 bridgehead atoms. The minimum atomic E-state index is -0.479. The van der Waals surface area contributed by atoms with Crippen LogP contribution in [-0.4, -0.2) is 16.7 Å². The highest BCUT2D eigenvalue weighted by molar-refractivity contribution is 14.1. The van der Waals surface area contributed by atoms with Crippen molar-refractivity contribution in [2.75, 3.05) is 3.11 Å². The van der Waals surface area contributed by atoms with Gasteiger partial charge >= 0.3 is 6.09 Å². The lowest BCUT2D eigenvalue weighted by atomic mass is 10.2. The topological polar surface area (TPSA) is 42.4 Å². The summed E-state index contributed by atoms with van der Waals surface area (Å²) in [4.78, 5) is 15.5. The first-order valence-electron chi connectivity index (χ1n) is 4.49. The minimum absolute atomic E-state index is 0.380. The van der Waals surface area contributed by atoms with E-state index in [1.807, 2.05) is 43.6 Å². The molecule has 5 heteroatoms. The zero-order chi connectivity index (χ0) is 11.5. The summed E-state index contributed by atoms with van der Waals surface area (Å²) in [7, 11) is 0. The van der Waals surface area contributed by atoms with Crippen LogP contribution < -0.4 is 3.11 Å². The van der Waals surface area contributed by atoms with E-state index in [0.29, 0.717) is 0 Å². The number of carbonyl (C=O) groups is 1. The molecule has 1 rings (SSSR count). The van der Waals surface area contributed by atoms with Gasteiger partial charge in [-0.3, -0.25) is 4.98 Å². The predicted molar refractivity (Wildman–Crippen MR) is 67.0 cm³/mol. The summed E-state index contributed by atoms with van der Waals surface area (Å²) in [5.74, 6) is 0. The molecule has 1 aromatic rings. The summed E-state index contributed by atoms with van der Waals surface area (Å²) in [6, 6.07) is 3.49. The molecule has 0 spiro atoms. The van der Waals surface area contributed by atoms with Crippen LogP contribution in [-0.2, 0) is 4.74 Å². The van der Waals surface area contributed by atoms with E-state index in [2.05, 4.69) is 4.98 Å². The Kier molecular flexibility index (Phi) is 3.90. The van der Waals surface area contributed by atoms with E-state index in [1.165, 1.54) is 3.11 Å². The van der Waals surface area contributed by atoms with Crippen LogP contribution in [0.2, 0.25) is 0 Å². The maximum Gasteiger partial charge on any atom is 0.423 e. The van der Waals surface area contributed by atoms with Crippen LogP contribution in [0.25, 0.3) is 0 Å². The number of carbonyl (C=O) groups excluding carboxylic acids is 1. The molecule has 0 saturated carbocycles. The Balaban J connectivity index is 2.70. The molecule has 15 heavy (non-hydrogen) atoms. The molecule has 1 amide bonds. The Morgan fingerprint density at radius 1 is 1.40 bits per heavy atom. The van der Waals surface area contributed by atoms with Gasteiger partial charge in [0.05, 0.1) is 28.6 Å². The van der Waals surface area contributed by atoms with Gasteiger partial charge in [-0.15, -0.1) is 0 Å². The van der Waals surface area contributed by atoms with Gasteiger partial charge in [-0.25, -0.2) is 7.91 Å². The Bertz CT molecular complexity index is 335. The number of anilines is 1. The molecule has 1 heterocycles. The first-order valence-corrected chi connectivity index (χ1v) is 5.45. The van der Waals surface area contributed by atoms with Crippen molar-refractivity contribution in [1.82, 2.24) is 4.98 Å². The molecule has 0 saturated heterocycles. The van der Waals surface area contributed by atoms with Gasteiger partial charge in [0, 0.05) is 12.4 Å². The number of nitrogens with zero attached hydrogens (tertiary/aromatic N) is 2. The Hall–Kier alpha value is -0.850. The lowest BCUT2D eigenvalue weighted by Crippen LogP contribution is -2.30. The zero-order valence-electron chi connectivity index (χ0n) is 8.90. The van der Waals surface area contributed by atoms with E-state index in [1.54, 1.807) is 24.5 Å². The van der Waals surface area contributed by atoms with Crippen LogP contribution in [0.15, 0.2) is 24.5 Å². The standard InChI is InChI=1S/C10H13IN2O2/c1-10(2,3)15-9(14)13(11)8-4-6-12-7-5-8/h4-7H,1-3H3. The van der Waals surface area contributed by atoms with Crippen molar-refractivity contribution in [1.29, 1.82) is 0 Å². The van der Waals surface area contributed by atoms with Crippen LogP contribution in [0.4, 0.5) is 10.5 Å². The number of amides is 1. The van der Waals surface area contributed by atoms with Crippen LogP contribution in [0.1, 0.15) is 20.8 Å². The average Bonchev–Trinajstić information content (AvgIpc) is 2.15. The maximum atomic E-state index is 11.6. The van der Waals surface area contributed by atoms with Gasteiger partial charge < -0.3 is 4.74 Å². The van der Waals surface area contributed by atoms with Crippen LogP contribution in [0.5, 0.6) is 0 Å². The van der Waals surface area contributed by atoms with Gasteiger partial charge in [-0.1, -0.05) is 0 Å². The second-order valence-electron chi connectivity index (χ2n) is 3.97. The van der Waals surface area contributed by atoms with Crippen LogP contribution >= 0.6 is 22.9 Å². The normalized spacial score (nSPS) is 10.9. The van der Waals surface area contributed by atoms with Crippen molar-refractivity contribution in [3.05, 3.63) is 24.5 Å². The smallest absolute Gasteiger partial charge is 0.423 e.